The third kappa shape index (κ3) is 6.21. The smallest absolute Gasteiger partial charge is 0.318 e. The summed E-state index contributed by atoms with van der Waals surface area (Å²) < 4.78 is 13.2. The molecule has 0 unspecified atom stereocenters. The van der Waals surface area contributed by atoms with Gasteiger partial charge in [0.1, 0.15) is 5.82 Å². The molecule has 0 bridgehead atoms. The van der Waals surface area contributed by atoms with Crippen LogP contribution in [0, 0.1) is 5.82 Å². The van der Waals surface area contributed by atoms with Gasteiger partial charge in [-0.3, -0.25) is 4.79 Å². The topological polar surface area (TPSA) is 78.4 Å². The van der Waals surface area contributed by atoms with Crippen LogP contribution in [0.5, 0.6) is 0 Å². The second kappa shape index (κ2) is 7.86. The molecule has 1 aromatic rings. The van der Waals surface area contributed by atoms with Gasteiger partial charge in [-0.05, 0) is 18.6 Å². The maximum absolute atomic E-state index is 13.2. The Balaban J connectivity index is 2.27. The first-order valence-electron chi connectivity index (χ1n) is 5.77. The Hall–Kier alpha value is -2.37. The van der Waals surface area contributed by atoms with Crippen LogP contribution < -0.4 is 10.6 Å². The number of nitrogens with one attached hydrogen (secondary N) is 2. The molecule has 6 heteroatoms. The zero-order valence-electron chi connectivity index (χ0n) is 10.2. The van der Waals surface area contributed by atoms with E-state index in [0.29, 0.717) is 12.0 Å². The summed E-state index contributed by atoms with van der Waals surface area (Å²) in [5.74, 6) is -1.27. The van der Waals surface area contributed by atoms with Gasteiger partial charge in [-0.1, -0.05) is 18.2 Å². The Bertz CT molecular complexity index is 475. The fourth-order valence-corrected chi connectivity index (χ4v) is 1.31. The van der Waals surface area contributed by atoms with Gasteiger partial charge in [-0.15, -0.1) is 0 Å². The minimum Gasteiger partial charge on any atom is -0.481 e. The van der Waals surface area contributed by atoms with Crippen LogP contribution in [0.2, 0.25) is 0 Å². The van der Waals surface area contributed by atoms with Gasteiger partial charge >= 0.3 is 12.0 Å². The van der Waals surface area contributed by atoms with Crippen LogP contribution in [0.1, 0.15) is 18.4 Å². The van der Waals surface area contributed by atoms with Crippen molar-refractivity contribution in [2.45, 2.75) is 12.8 Å². The van der Waals surface area contributed by atoms with Crippen LogP contribution in [0.3, 0.4) is 0 Å². The Morgan fingerprint density at radius 1 is 1.32 bits per heavy atom. The van der Waals surface area contributed by atoms with E-state index in [2.05, 4.69) is 10.6 Å². The molecule has 5 nitrogen and oxygen atoms in total. The van der Waals surface area contributed by atoms with Gasteiger partial charge in [-0.25, -0.2) is 9.18 Å². The van der Waals surface area contributed by atoms with Crippen LogP contribution in [-0.4, -0.2) is 23.7 Å². The molecular formula is C13H15FN2O3. The molecule has 0 aliphatic heterocycles. The number of urea groups is 1. The van der Waals surface area contributed by atoms with Crippen molar-refractivity contribution in [1.29, 1.82) is 0 Å². The molecule has 3 N–H and O–H groups in total. The summed E-state index contributed by atoms with van der Waals surface area (Å²) in [5, 5.41) is 13.3. The number of benzene rings is 1. The number of carbonyl (C=O) groups is 2. The Morgan fingerprint density at radius 3 is 2.74 bits per heavy atom. The zero-order chi connectivity index (χ0) is 14.1. The van der Waals surface area contributed by atoms with Gasteiger partial charge < -0.3 is 15.7 Å². The largest absolute Gasteiger partial charge is 0.481 e. The molecule has 0 spiro atoms. The molecule has 0 fully saturated rings. The third-order valence-corrected chi connectivity index (χ3v) is 2.24. The van der Waals surface area contributed by atoms with E-state index < -0.39 is 12.0 Å². The maximum atomic E-state index is 13.2. The SMILES string of the molecule is O=C(O)CCCNC(=O)N/C=C/c1ccccc1F. The third-order valence-electron chi connectivity index (χ3n) is 2.24. The summed E-state index contributed by atoms with van der Waals surface area (Å²) in [6.07, 6.45) is 3.13. The van der Waals surface area contributed by atoms with Crippen LogP contribution in [0.4, 0.5) is 9.18 Å². The monoisotopic (exact) mass is 266 g/mol. The highest BCUT2D eigenvalue weighted by Crippen LogP contribution is 2.07. The number of carbonyl (C=O) groups excluding carboxylic acids is 1. The molecule has 0 heterocycles. The molecular weight excluding hydrogens is 251 g/mol. The second-order valence-corrected chi connectivity index (χ2v) is 3.75. The Labute approximate surface area is 110 Å². The van der Waals surface area contributed by atoms with Crippen LogP contribution in [0.15, 0.2) is 30.5 Å². The van der Waals surface area contributed by atoms with Crippen LogP contribution in [-0.2, 0) is 4.79 Å². The minimum atomic E-state index is -0.901. The minimum absolute atomic E-state index is 0.00530. The van der Waals surface area contributed by atoms with E-state index >= 15 is 0 Å². The predicted molar refractivity (Wildman–Crippen MR) is 68.8 cm³/mol. The van der Waals surface area contributed by atoms with Gasteiger partial charge in [0.15, 0.2) is 0 Å². The first-order chi connectivity index (χ1) is 9.09. The average molecular weight is 266 g/mol. The molecule has 2 amide bonds. The van der Waals surface area contributed by atoms with Crippen molar-refractivity contribution >= 4 is 18.1 Å². The lowest BCUT2D eigenvalue weighted by molar-refractivity contribution is -0.137. The molecule has 0 radical (unpaired) electrons. The predicted octanol–water partition coefficient (Wildman–Crippen LogP) is 1.96. The van der Waals surface area contributed by atoms with E-state index in [0.717, 1.165) is 0 Å². The second-order valence-electron chi connectivity index (χ2n) is 3.75. The molecule has 19 heavy (non-hydrogen) atoms. The number of halogens is 1. The van der Waals surface area contributed by atoms with E-state index in [9.17, 15) is 14.0 Å². The number of carboxylic acid groups (broad SMARTS) is 1. The van der Waals surface area contributed by atoms with E-state index in [1.807, 2.05) is 0 Å². The fraction of sp³-hybridized carbons (Fsp3) is 0.231. The molecule has 0 aromatic heterocycles. The Morgan fingerprint density at radius 2 is 2.05 bits per heavy atom. The molecule has 1 rings (SSSR count). The quantitative estimate of drug-likeness (QED) is 0.689. The van der Waals surface area contributed by atoms with Crippen molar-refractivity contribution in [3.63, 3.8) is 0 Å². The maximum Gasteiger partial charge on any atom is 0.318 e. The summed E-state index contributed by atoms with van der Waals surface area (Å²) in [7, 11) is 0. The number of hydrogen-bond acceptors (Lipinski definition) is 2. The van der Waals surface area contributed by atoms with E-state index in [4.69, 9.17) is 5.11 Å². The first-order valence-corrected chi connectivity index (χ1v) is 5.77. The van der Waals surface area contributed by atoms with Crippen molar-refractivity contribution in [3.8, 4) is 0 Å². The van der Waals surface area contributed by atoms with Gasteiger partial charge in [0.25, 0.3) is 0 Å². The van der Waals surface area contributed by atoms with E-state index in [1.165, 1.54) is 18.3 Å². The summed E-state index contributed by atoms with van der Waals surface area (Å²) in [5.41, 5.74) is 0.369. The molecule has 102 valence electrons. The lowest BCUT2D eigenvalue weighted by Gasteiger charge is -2.03. The molecule has 1 aromatic carbocycles. The number of rotatable bonds is 6. The van der Waals surface area contributed by atoms with Crippen molar-refractivity contribution < 1.29 is 19.1 Å². The van der Waals surface area contributed by atoms with E-state index in [-0.39, 0.29) is 18.8 Å². The van der Waals surface area contributed by atoms with Crippen molar-refractivity contribution in [2.24, 2.45) is 0 Å². The fourth-order valence-electron chi connectivity index (χ4n) is 1.31. The van der Waals surface area contributed by atoms with Gasteiger partial charge in [0.05, 0.1) is 0 Å². The van der Waals surface area contributed by atoms with Gasteiger partial charge in [0.2, 0.25) is 0 Å². The van der Waals surface area contributed by atoms with Crippen molar-refractivity contribution in [3.05, 3.63) is 41.8 Å². The summed E-state index contributed by atoms with van der Waals surface area (Å²) >= 11 is 0. The summed E-state index contributed by atoms with van der Waals surface area (Å²) in [4.78, 5) is 21.5. The average Bonchev–Trinajstić information content (AvgIpc) is 2.37. The standard InChI is InChI=1S/C13H15FN2O3/c14-11-5-2-1-4-10(11)7-9-16-13(19)15-8-3-6-12(17)18/h1-2,4-5,7,9H,3,6,8H2,(H,17,18)(H2,15,16,19)/b9-7+. The number of hydrogen-bond donors (Lipinski definition) is 3. The number of amides is 2. The molecule has 0 saturated carbocycles. The van der Waals surface area contributed by atoms with E-state index in [1.54, 1.807) is 18.2 Å². The number of aliphatic carboxylic acids is 1. The summed E-state index contributed by atoms with van der Waals surface area (Å²) in [6.45, 7) is 0.270. The molecule has 0 aliphatic rings. The highest BCUT2D eigenvalue weighted by atomic mass is 19.1. The molecule has 0 atom stereocenters. The highest BCUT2D eigenvalue weighted by Gasteiger charge is 1.99. The lowest BCUT2D eigenvalue weighted by Crippen LogP contribution is -2.32. The first kappa shape index (κ1) is 14.7. The van der Waals surface area contributed by atoms with Gasteiger partial charge in [-0.2, -0.15) is 0 Å². The molecule has 0 saturated heterocycles. The van der Waals surface area contributed by atoms with Crippen LogP contribution >= 0.6 is 0 Å². The zero-order valence-corrected chi connectivity index (χ0v) is 10.2. The normalized spacial score (nSPS) is 10.4. The Kier molecular flexibility index (Phi) is 6.08. The highest BCUT2D eigenvalue weighted by molar-refractivity contribution is 5.76. The number of carboxylic acids is 1. The molecule has 0 aliphatic carbocycles. The van der Waals surface area contributed by atoms with Crippen molar-refractivity contribution in [2.75, 3.05) is 6.54 Å². The van der Waals surface area contributed by atoms with Crippen LogP contribution in [0.25, 0.3) is 6.08 Å². The summed E-state index contributed by atoms with van der Waals surface area (Å²) in [6, 6.07) is 5.71. The van der Waals surface area contributed by atoms with Gasteiger partial charge in [0, 0.05) is 24.7 Å². The van der Waals surface area contributed by atoms with Crippen molar-refractivity contribution in [1.82, 2.24) is 10.6 Å². The lowest BCUT2D eigenvalue weighted by atomic mass is 10.2.